The van der Waals surface area contributed by atoms with Gasteiger partial charge >= 0.3 is 0 Å². The molecule has 0 heterocycles. The lowest BCUT2D eigenvalue weighted by Crippen LogP contribution is -2.39. The van der Waals surface area contributed by atoms with E-state index in [1.54, 1.807) is 13.0 Å². The summed E-state index contributed by atoms with van der Waals surface area (Å²) in [6.45, 7) is 2.26. The molecule has 1 aliphatic carbocycles. The summed E-state index contributed by atoms with van der Waals surface area (Å²) in [6, 6.07) is 4.93. The van der Waals surface area contributed by atoms with Crippen LogP contribution in [0.5, 0.6) is 5.75 Å². The van der Waals surface area contributed by atoms with E-state index in [1.165, 1.54) is 25.0 Å². The van der Waals surface area contributed by atoms with Crippen LogP contribution in [0.1, 0.15) is 18.4 Å². The van der Waals surface area contributed by atoms with Gasteiger partial charge in [-0.1, -0.05) is 0 Å². The van der Waals surface area contributed by atoms with E-state index in [4.69, 9.17) is 4.74 Å². The van der Waals surface area contributed by atoms with Crippen LogP contribution in [-0.4, -0.2) is 30.4 Å². The van der Waals surface area contributed by atoms with Crippen molar-refractivity contribution in [1.82, 2.24) is 5.32 Å². The summed E-state index contributed by atoms with van der Waals surface area (Å²) >= 11 is 0. The van der Waals surface area contributed by atoms with E-state index in [-0.39, 0.29) is 18.5 Å². The molecule has 2 rings (SSSR count). The molecule has 0 aliphatic heterocycles. The molecule has 94 valence electrons. The number of ether oxygens (including phenoxy) is 1. The van der Waals surface area contributed by atoms with E-state index in [1.807, 2.05) is 0 Å². The summed E-state index contributed by atoms with van der Waals surface area (Å²) in [4.78, 5) is 0. The Bertz CT molecular complexity index is 380. The molecule has 1 atom stereocenters. The Morgan fingerprint density at radius 1 is 1.53 bits per heavy atom. The maximum Gasteiger partial charge on any atom is 0.123 e. The fraction of sp³-hybridized carbons (Fsp3) is 0.538. The molecule has 1 aliphatic rings. The minimum Gasteiger partial charge on any atom is -0.492 e. The monoisotopic (exact) mass is 239 g/mol. The summed E-state index contributed by atoms with van der Waals surface area (Å²) in [5.41, 5.74) is 0.771. The number of hydrogen-bond acceptors (Lipinski definition) is 3. The van der Waals surface area contributed by atoms with Crippen molar-refractivity contribution in [2.75, 3.05) is 13.2 Å². The molecule has 1 saturated carbocycles. The number of hydrogen-bond donors (Lipinski definition) is 2. The topological polar surface area (TPSA) is 41.5 Å². The molecule has 0 bridgehead atoms. The van der Waals surface area contributed by atoms with Crippen LogP contribution in [0.25, 0.3) is 0 Å². The van der Waals surface area contributed by atoms with Crippen LogP contribution in [0.3, 0.4) is 0 Å². The van der Waals surface area contributed by atoms with Gasteiger partial charge in [-0.2, -0.15) is 0 Å². The van der Waals surface area contributed by atoms with Crippen molar-refractivity contribution in [3.63, 3.8) is 0 Å². The molecule has 0 amide bonds. The van der Waals surface area contributed by atoms with Crippen LogP contribution >= 0.6 is 0 Å². The number of aliphatic hydroxyl groups is 1. The Kier molecular flexibility index (Phi) is 3.97. The van der Waals surface area contributed by atoms with Gasteiger partial charge in [0.2, 0.25) is 0 Å². The SMILES string of the molecule is Cc1cc(F)ccc1OCC(CO)NC1CC1. The van der Waals surface area contributed by atoms with Crippen molar-refractivity contribution in [2.24, 2.45) is 0 Å². The van der Waals surface area contributed by atoms with Gasteiger partial charge in [0.15, 0.2) is 0 Å². The number of nitrogens with one attached hydrogen (secondary N) is 1. The van der Waals surface area contributed by atoms with E-state index in [2.05, 4.69) is 5.32 Å². The fourth-order valence-electron chi connectivity index (χ4n) is 1.70. The molecule has 1 fully saturated rings. The smallest absolute Gasteiger partial charge is 0.123 e. The zero-order valence-corrected chi connectivity index (χ0v) is 9.95. The maximum atomic E-state index is 12.9. The van der Waals surface area contributed by atoms with Gasteiger partial charge in [0.1, 0.15) is 18.2 Å². The lowest BCUT2D eigenvalue weighted by atomic mass is 10.2. The van der Waals surface area contributed by atoms with Crippen molar-refractivity contribution in [2.45, 2.75) is 31.8 Å². The third kappa shape index (κ3) is 3.68. The van der Waals surface area contributed by atoms with Crippen molar-refractivity contribution < 1.29 is 14.2 Å². The van der Waals surface area contributed by atoms with Crippen LogP contribution in [-0.2, 0) is 0 Å². The summed E-state index contributed by atoms with van der Waals surface area (Å²) in [6.07, 6.45) is 2.35. The van der Waals surface area contributed by atoms with E-state index >= 15 is 0 Å². The number of aryl methyl sites for hydroxylation is 1. The van der Waals surface area contributed by atoms with Crippen LogP contribution in [0, 0.1) is 12.7 Å². The second kappa shape index (κ2) is 5.47. The first-order chi connectivity index (χ1) is 8.19. The van der Waals surface area contributed by atoms with Gasteiger partial charge in [-0.3, -0.25) is 0 Å². The third-order valence-electron chi connectivity index (χ3n) is 2.85. The number of benzene rings is 1. The highest BCUT2D eigenvalue weighted by Gasteiger charge is 2.24. The Balaban J connectivity index is 1.86. The fourth-order valence-corrected chi connectivity index (χ4v) is 1.70. The summed E-state index contributed by atoms with van der Waals surface area (Å²) in [7, 11) is 0. The van der Waals surface area contributed by atoms with E-state index < -0.39 is 0 Å². The van der Waals surface area contributed by atoms with E-state index in [0.717, 1.165) is 5.56 Å². The molecule has 1 aromatic rings. The Morgan fingerprint density at radius 3 is 2.88 bits per heavy atom. The minimum absolute atomic E-state index is 0.0491. The molecule has 0 spiro atoms. The molecule has 17 heavy (non-hydrogen) atoms. The van der Waals surface area contributed by atoms with Crippen LogP contribution in [0.15, 0.2) is 18.2 Å². The van der Waals surface area contributed by atoms with E-state index in [9.17, 15) is 9.50 Å². The quantitative estimate of drug-likeness (QED) is 0.792. The zero-order chi connectivity index (χ0) is 12.3. The molecule has 4 heteroatoms. The number of rotatable bonds is 6. The van der Waals surface area contributed by atoms with Crippen molar-refractivity contribution >= 4 is 0 Å². The first kappa shape index (κ1) is 12.3. The van der Waals surface area contributed by atoms with Crippen molar-refractivity contribution in [1.29, 1.82) is 0 Å². The Labute approximate surface area is 101 Å². The highest BCUT2D eigenvalue weighted by molar-refractivity contribution is 5.32. The highest BCUT2D eigenvalue weighted by Crippen LogP contribution is 2.21. The lowest BCUT2D eigenvalue weighted by molar-refractivity contribution is 0.181. The largest absolute Gasteiger partial charge is 0.492 e. The number of aliphatic hydroxyl groups excluding tert-OH is 1. The maximum absolute atomic E-state index is 12.9. The van der Waals surface area contributed by atoms with Crippen LogP contribution in [0.4, 0.5) is 4.39 Å². The van der Waals surface area contributed by atoms with Crippen LogP contribution < -0.4 is 10.1 Å². The summed E-state index contributed by atoms with van der Waals surface area (Å²) in [5.74, 6) is 0.409. The second-order valence-corrected chi connectivity index (χ2v) is 4.54. The molecule has 1 aromatic carbocycles. The minimum atomic E-state index is -0.260. The van der Waals surface area contributed by atoms with Gasteiger partial charge in [0.05, 0.1) is 12.6 Å². The molecule has 3 nitrogen and oxygen atoms in total. The molecular formula is C13H18FNO2. The van der Waals surface area contributed by atoms with Gasteiger partial charge in [0, 0.05) is 6.04 Å². The zero-order valence-electron chi connectivity index (χ0n) is 9.95. The molecule has 0 aromatic heterocycles. The molecular weight excluding hydrogens is 221 g/mol. The first-order valence-corrected chi connectivity index (χ1v) is 5.95. The van der Waals surface area contributed by atoms with Crippen LogP contribution in [0.2, 0.25) is 0 Å². The predicted octanol–water partition coefficient (Wildman–Crippen LogP) is 1.63. The first-order valence-electron chi connectivity index (χ1n) is 5.95. The van der Waals surface area contributed by atoms with Gasteiger partial charge in [-0.05, 0) is 43.5 Å². The van der Waals surface area contributed by atoms with E-state index in [0.29, 0.717) is 18.4 Å². The van der Waals surface area contributed by atoms with Gasteiger partial charge in [-0.25, -0.2) is 4.39 Å². The summed E-state index contributed by atoms with van der Waals surface area (Å²) < 4.78 is 18.5. The molecule has 0 radical (unpaired) electrons. The molecule has 2 N–H and O–H groups in total. The average molecular weight is 239 g/mol. The summed E-state index contributed by atoms with van der Waals surface area (Å²) in [5, 5.41) is 12.5. The Hall–Kier alpha value is -1.13. The average Bonchev–Trinajstić information content (AvgIpc) is 3.10. The standard InChI is InChI=1S/C13H18FNO2/c1-9-6-10(14)2-5-13(9)17-8-12(7-16)15-11-3-4-11/h2,5-6,11-12,15-16H,3-4,7-8H2,1H3. The van der Waals surface area contributed by atoms with Gasteiger partial charge < -0.3 is 15.2 Å². The normalized spacial score (nSPS) is 16.9. The van der Waals surface area contributed by atoms with Crippen molar-refractivity contribution in [3.05, 3.63) is 29.6 Å². The highest BCUT2D eigenvalue weighted by atomic mass is 19.1. The predicted molar refractivity (Wildman–Crippen MR) is 63.7 cm³/mol. The van der Waals surface area contributed by atoms with Crippen molar-refractivity contribution in [3.8, 4) is 5.75 Å². The molecule has 0 saturated heterocycles. The van der Waals surface area contributed by atoms with Gasteiger partial charge in [-0.15, -0.1) is 0 Å². The third-order valence-corrected chi connectivity index (χ3v) is 2.85. The lowest BCUT2D eigenvalue weighted by Gasteiger charge is -2.17. The van der Waals surface area contributed by atoms with Gasteiger partial charge in [0.25, 0.3) is 0 Å². The Morgan fingerprint density at radius 2 is 2.29 bits per heavy atom. The number of halogens is 1. The molecule has 1 unspecified atom stereocenters. The second-order valence-electron chi connectivity index (χ2n) is 4.54.